The molecule has 37 heavy (non-hydrogen) atoms. The van der Waals surface area contributed by atoms with Crippen LogP contribution in [0.2, 0.25) is 30.2 Å². The van der Waals surface area contributed by atoms with Crippen molar-refractivity contribution >= 4 is 37.7 Å². The second-order valence-electron chi connectivity index (χ2n) is 12.9. The van der Waals surface area contributed by atoms with Crippen molar-refractivity contribution in [2.75, 3.05) is 0 Å². The number of allylic oxidation sites excluding steroid dienone is 1. The minimum Gasteiger partial charge on any atom is -0.413 e. The summed E-state index contributed by atoms with van der Waals surface area (Å²) in [6.45, 7) is 12.1. The van der Waals surface area contributed by atoms with Gasteiger partial charge < -0.3 is 4.43 Å². The molecular weight excluding hydrogens is 497 g/mol. The van der Waals surface area contributed by atoms with Crippen LogP contribution in [0.5, 0.6) is 0 Å². The van der Waals surface area contributed by atoms with Crippen LogP contribution in [0.3, 0.4) is 0 Å². The summed E-state index contributed by atoms with van der Waals surface area (Å²) in [5, 5.41) is 3.24. The van der Waals surface area contributed by atoms with Crippen LogP contribution in [0, 0.1) is 17.8 Å². The smallest absolute Gasteiger partial charge is 0.192 e. The Morgan fingerprint density at radius 1 is 0.865 bits per heavy atom. The molecular formula is C33H48OSi3. The minimum atomic E-state index is -1.87. The zero-order valence-electron chi connectivity index (χ0n) is 23.9. The van der Waals surface area contributed by atoms with Gasteiger partial charge in [-0.2, -0.15) is 0 Å². The molecule has 2 aromatic carbocycles. The van der Waals surface area contributed by atoms with E-state index >= 15 is 0 Å². The Morgan fingerprint density at radius 3 is 2.05 bits per heavy atom. The molecule has 2 saturated carbocycles. The predicted molar refractivity (Wildman–Crippen MR) is 166 cm³/mol. The molecule has 1 nitrogen and oxygen atoms in total. The fraction of sp³-hybridized carbons (Fsp3) is 0.576. The normalized spacial score (nSPS) is 24.6. The van der Waals surface area contributed by atoms with E-state index in [9.17, 15) is 0 Å². The van der Waals surface area contributed by atoms with Gasteiger partial charge in [-0.15, -0.1) is 0 Å². The summed E-state index contributed by atoms with van der Waals surface area (Å²) in [5.74, 6) is 2.04. The average Bonchev–Trinajstić information content (AvgIpc) is 3.19. The molecule has 4 rings (SSSR count). The highest BCUT2D eigenvalue weighted by molar-refractivity contribution is 6.74. The highest BCUT2D eigenvalue weighted by Gasteiger charge is 2.46. The standard InChI is InChI=1S/C33H48OSi3/c1-33(2,3)37(4,5)34-32-27(21-22-35-29-17-11-7-12-18-29)24-28(23-26-15-9-6-10-16-26)31(32)25-36-30-19-13-8-14-20-30/h7-8,11-14,17-20,23,26-27,31-32H,6,9-10,15-16,21-22,24-25H2,1-5H3/b28-23+/t27-,31+,32-/m0/s1. The van der Waals surface area contributed by atoms with E-state index in [4.69, 9.17) is 4.43 Å². The third kappa shape index (κ3) is 8.14. The zero-order valence-corrected chi connectivity index (χ0v) is 26.9. The third-order valence-corrected chi connectivity index (χ3v) is 16.2. The molecule has 2 aliphatic rings. The summed E-state index contributed by atoms with van der Waals surface area (Å²) >= 11 is 0. The van der Waals surface area contributed by atoms with Crippen LogP contribution in [0.4, 0.5) is 0 Å². The minimum absolute atomic E-state index is 0.242. The molecule has 0 unspecified atom stereocenters. The van der Waals surface area contributed by atoms with Crippen molar-refractivity contribution in [1.29, 1.82) is 0 Å². The lowest BCUT2D eigenvalue weighted by Gasteiger charge is -2.41. The predicted octanol–water partition coefficient (Wildman–Crippen LogP) is 7.81. The van der Waals surface area contributed by atoms with Crippen molar-refractivity contribution in [2.24, 2.45) is 17.8 Å². The van der Waals surface area contributed by atoms with Gasteiger partial charge in [0.25, 0.3) is 0 Å². The molecule has 0 N–H and O–H groups in total. The van der Waals surface area contributed by atoms with Gasteiger partial charge in [-0.05, 0) is 55.3 Å². The Bertz CT molecular complexity index is 974. The summed E-state index contributed by atoms with van der Waals surface area (Å²) in [7, 11) is -0.103. The zero-order chi connectivity index (χ0) is 26.3. The topological polar surface area (TPSA) is 9.23 Å². The molecule has 0 saturated heterocycles. The molecule has 4 heteroatoms. The average molecular weight is 545 g/mol. The molecule has 2 fully saturated rings. The maximum absolute atomic E-state index is 7.40. The van der Waals surface area contributed by atoms with E-state index < -0.39 is 8.32 Å². The summed E-state index contributed by atoms with van der Waals surface area (Å²) in [6, 6.07) is 24.8. The van der Waals surface area contributed by atoms with E-state index in [2.05, 4.69) is 101 Å². The van der Waals surface area contributed by atoms with E-state index in [0.29, 0.717) is 17.9 Å². The molecule has 4 radical (unpaired) electrons. The maximum atomic E-state index is 7.40. The first kappa shape index (κ1) is 28.8. The fourth-order valence-electron chi connectivity index (χ4n) is 5.86. The summed E-state index contributed by atoms with van der Waals surface area (Å²) < 4.78 is 7.40. The van der Waals surface area contributed by atoms with Crippen molar-refractivity contribution in [3.63, 3.8) is 0 Å². The molecule has 0 heterocycles. The van der Waals surface area contributed by atoms with Crippen LogP contribution < -0.4 is 10.4 Å². The van der Waals surface area contributed by atoms with Crippen LogP contribution >= 0.6 is 0 Å². The summed E-state index contributed by atoms with van der Waals surface area (Å²) in [6.07, 6.45) is 12.7. The van der Waals surface area contributed by atoms with Crippen molar-refractivity contribution in [2.45, 2.75) is 102 Å². The molecule has 0 spiro atoms. The summed E-state index contributed by atoms with van der Waals surface area (Å²) in [4.78, 5) is 0. The van der Waals surface area contributed by atoms with Crippen LogP contribution in [0.15, 0.2) is 72.3 Å². The Kier molecular flexibility index (Phi) is 10.3. The van der Waals surface area contributed by atoms with E-state index in [1.54, 1.807) is 5.57 Å². The lowest BCUT2D eigenvalue weighted by molar-refractivity contribution is 0.109. The van der Waals surface area contributed by atoms with Gasteiger partial charge in [-0.1, -0.05) is 135 Å². The quantitative estimate of drug-likeness (QED) is 0.219. The molecule has 0 aliphatic heterocycles. The van der Waals surface area contributed by atoms with Crippen LogP contribution in [-0.4, -0.2) is 33.5 Å². The van der Waals surface area contributed by atoms with Gasteiger partial charge >= 0.3 is 0 Å². The van der Waals surface area contributed by atoms with Gasteiger partial charge in [-0.25, -0.2) is 0 Å². The monoisotopic (exact) mass is 544 g/mol. The van der Waals surface area contributed by atoms with Crippen molar-refractivity contribution < 1.29 is 4.43 Å². The first-order valence-corrected chi connectivity index (χ1v) is 20.0. The van der Waals surface area contributed by atoms with Gasteiger partial charge in [-0.3, -0.25) is 0 Å². The molecule has 198 valence electrons. The lowest BCUT2D eigenvalue weighted by atomic mass is 9.86. The molecule has 2 aliphatic carbocycles. The Morgan fingerprint density at radius 2 is 1.46 bits per heavy atom. The molecule has 3 atom stereocenters. The second kappa shape index (κ2) is 13.2. The first-order valence-electron chi connectivity index (χ1n) is 14.7. The first-order chi connectivity index (χ1) is 17.7. The number of hydrogen-bond donors (Lipinski definition) is 0. The Balaban J connectivity index is 1.57. The molecule has 0 amide bonds. The largest absolute Gasteiger partial charge is 0.413 e. The maximum Gasteiger partial charge on any atom is 0.192 e. The fourth-order valence-corrected chi connectivity index (χ4v) is 9.86. The molecule has 0 bridgehead atoms. The van der Waals surface area contributed by atoms with Gasteiger partial charge in [0.2, 0.25) is 0 Å². The van der Waals surface area contributed by atoms with Crippen LogP contribution in [0.25, 0.3) is 0 Å². The van der Waals surface area contributed by atoms with E-state index in [-0.39, 0.29) is 5.04 Å². The number of benzene rings is 2. The SMILES string of the molecule is CC(C)(C)[Si](C)(C)O[C@H]1[C@@H](CC[Si]c2ccccc2)C/C(=C\C2CCCCC2)[C@H]1C[Si]c1ccccc1. The third-order valence-electron chi connectivity index (χ3n) is 9.09. The highest BCUT2D eigenvalue weighted by Crippen LogP contribution is 2.48. The van der Waals surface area contributed by atoms with Crippen molar-refractivity contribution in [1.82, 2.24) is 0 Å². The van der Waals surface area contributed by atoms with Gasteiger partial charge in [0.15, 0.2) is 8.32 Å². The van der Waals surface area contributed by atoms with E-state index in [0.717, 1.165) is 25.0 Å². The Hall–Kier alpha value is -1.21. The highest BCUT2D eigenvalue weighted by atomic mass is 28.4. The lowest BCUT2D eigenvalue weighted by Crippen LogP contribution is -2.46. The van der Waals surface area contributed by atoms with Gasteiger partial charge in [0, 0.05) is 5.92 Å². The van der Waals surface area contributed by atoms with Crippen molar-refractivity contribution in [3.05, 3.63) is 72.3 Å². The number of hydrogen-bond acceptors (Lipinski definition) is 1. The molecule has 0 aromatic heterocycles. The van der Waals surface area contributed by atoms with Gasteiger partial charge in [0.05, 0.1) is 25.1 Å². The molecule has 2 aromatic rings. The Labute approximate surface area is 233 Å². The van der Waals surface area contributed by atoms with Crippen LogP contribution in [0.1, 0.15) is 65.7 Å². The van der Waals surface area contributed by atoms with Crippen LogP contribution in [-0.2, 0) is 4.43 Å². The summed E-state index contributed by atoms with van der Waals surface area (Å²) in [5.41, 5.74) is 1.76. The second-order valence-corrected chi connectivity index (χ2v) is 20.4. The number of rotatable bonds is 10. The van der Waals surface area contributed by atoms with Gasteiger partial charge in [0.1, 0.15) is 0 Å². The van der Waals surface area contributed by atoms with E-state index in [1.807, 2.05) is 0 Å². The van der Waals surface area contributed by atoms with Crippen molar-refractivity contribution in [3.8, 4) is 0 Å². The van der Waals surface area contributed by atoms with E-state index in [1.165, 1.54) is 67.4 Å².